The number of amides is 1. The van der Waals surface area contributed by atoms with Crippen molar-refractivity contribution in [3.05, 3.63) is 64.7 Å². The number of carbonyl (C=O) groups excluding carboxylic acids is 2. The lowest BCUT2D eigenvalue weighted by molar-refractivity contribution is -0.151. The molecule has 1 amide bonds. The fraction of sp³-hybridized carbons (Fsp3) is 0.462. The number of anilines is 1. The van der Waals surface area contributed by atoms with E-state index in [9.17, 15) is 9.59 Å². The van der Waals surface area contributed by atoms with E-state index in [1.54, 1.807) is 6.92 Å². The first-order valence-corrected chi connectivity index (χ1v) is 11.2. The van der Waals surface area contributed by atoms with Gasteiger partial charge in [0.05, 0.1) is 13.2 Å². The smallest absolute Gasteiger partial charge is 0.327 e. The predicted octanol–water partition coefficient (Wildman–Crippen LogP) is 4.56. The van der Waals surface area contributed by atoms with Crippen LogP contribution < -0.4 is 10.6 Å². The lowest BCUT2D eigenvalue weighted by Crippen LogP contribution is -2.56. The highest BCUT2D eigenvalue weighted by Gasteiger charge is 2.45. The Morgan fingerprint density at radius 3 is 1.97 bits per heavy atom. The topological polar surface area (TPSA) is 67.4 Å². The van der Waals surface area contributed by atoms with Crippen molar-refractivity contribution in [1.29, 1.82) is 0 Å². The number of hydrogen-bond donors (Lipinski definition) is 2. The van der Waals surface area contributed by atoms with Gasteiger partial charge in [0.2, 0.25) is 5.91 Å². The van der Waals surface area contributed by atoms with Crippen molar-refractivity contribution in [3.8, 4) is 0 Å². The Hall–Kier alpha value is -2.66. The molecule has 2 N–H and O–H groups in total. The summed E-state index contributed by atoms with van der Waals surface area (Å²) in [4.78, 5) is 25.9. The van der Waals surface area contributed by atoms with Gasteiger partial charge in [-0.25, -0.2) is 0 Å². The van der Waals surface area contributed by atoms with E-state index in [-0.39, 0.29) is 30.3 Å². The second-order valence-electron chi connectivity index (χ2n) is 8.95. The van der Waals surface area contributed by atoms with Crippen molar-refractivity contribution >= 4 is 17.6 Å². The molecule has 0 fully saturated rings. The zero-order valence-corrected chi connectivity index (χ0v) is 19.2. The average Bonchev–Trinajstić information content (AvgIpc) is 3.12. The highest BCUT2D eigenvalue weighted by atomic mass is 16.5. The van der Waals surface area contributed by atoms with Gasteiger partial charge in [-0.05, 0) is 41.0 Å². The van der Waals surface area contributed by atoms with Crippen LogP contribution in [-0.2, 0) is 27.2 Å². The molecule has 0 unspecified atom stereocenters. The molecule has 5 heteroatoms. The van der Waals surface area contributed by atoms with Gasteiger partial charge < -0.3 is 10.1 Å². The van der Waals surface area contributed by atoms with E-state index in [1.165, 1.54) is 0 Å². The lowest BCUT2D eigenvalue weighted by atomic mass is 9.92. The SMILES string of the molecule is CCOC(=O)C1(NCC(=O)Nc2c(C(C)C)cccc2C(C)C)Cc2ccccc2C1. The van der Waals surface area contributed by atoms with E-state index in [0.717, 1.165) is 27.9 Å². The molecule has 0 aromatic heterocycles. The fourth-order valence-electron chi connectivity index (χ4n) is 4.35. The lowest BCUT2D eigenvalue weighted by Gasteiger charge is -2.28. The molecule has 2 aromatic rings. The Morgan fingerprint density at radius 1 is 0.935 bits per heavy atom. The average molecular weight is 423 g/mol. The van der Waals surface area contributed by atoms with Gasteiger partial charge in [-0.1, -0.05) is 70.2 Å². The van der Waals surface area contributed by atoms with Crippen LogP contribution in [0.2, 0.25) is 0 Å². The second-order valence-corrected chi connectivity index (χ2v) is 8.95. The van der Waals surface area contributed by atoms with Crippen LogP contribution in [0.25, 0.3) is 0 Å². The number of fused-ring (bicyclic) bond motifs is 1. The molecule has 1 aliphatic carbocycles. The third kappa shape index (κ3) is 4.99. The van der Waals surface area contributed by atoms with Crippen molar-refractivity contribution in [2.75, 3.05) is 18.5 Å². The van der Waals surface area contributed by atoms with Crippen molar-refractivity contribution in [2.45, 2.75) is 64.8 Å². The Bertz CT molecular complexity index is 898. The quantitative estimate of drug-likeness (QED) is 0.612. The molecule has 0 atom stereocenters. The van der Waals surface area contributed by atoms with Crippen LogP contribution >= 0.6 is 0 Å². The fourth-order valence-corrected chi connectivity index (χ4v) is 4.35. The molecule has 0 saturated carbocycles. The Balaban J connectivity index is 1.78. The van der Waals surface area contributed by atoms with Crippen LogP contribution in [0, 0.1) is 0 Å². The van der Waals surface area contributed by atoms with Gasteiger partial charge in [0.15, 0.2) is 0 Å². The predicted molar refractivity (Wildman–Crippen MR) is 124 cm³/mol. The molecular formula is C26H34N2O3. The molecule has 0 spiro atoms. The van der Waals surface area contributed by atoms with Crippen molar-refractivity contribution in [3.63, 3.8) is 0 Å². The van der Waals surface area contributed by atoms with Gasteiger partial charge in [-0.3, -0.25) is 14.9 Å². The molecule has 0 saturated heterocycles. The summed E-state index contributed by atoms with van der Waals surface area (Å²) >= 11 is 0. The number of nitrogens with one attached hydrogen (secondary N) is 2. The highest BCUT2D eigenvalue weighted by molar-refractivity contribution is 5.95. The number of para-hydroxylation sites is 1. The molecule has 5 nitrogen and oxygen atoms in total. The summed E-state index contributed by atoms with van der Waals surface area (Å²) in [5.41, 5.74) is 4.46. The molecule has 31 heavy (non-hydrogen) atoms. The minimum Gasteiger partial charge on any atom is -0.465 e. The summed E-state index contributed by atoms with van der Waals surface area (Å²) in [5, 5.41) is 6.38. The minimum atomic E-state index is -0.907. The molecule has 0 bridgehead atoms. The summed E-state index contributed by atoms with van der Waals surface area (Å²) in [6.45, 7) is 10.6. The number of esters is 1. The van der Waals surface area contributed by atoms with Gasteiger partial charge in [-0.15, -0.1) is 0 Å². The van der Waals surface area contributed by atoms with Crippen LogP contribution in [0.1, 0.15) is 68.7 Å². The van der Waals surface area contributed by atoms with Crippen LogP contribution in [0.3, 0.4) is 0 Å². The first kappa shape index (κ1) is 23.0. The maximum absolute atomic E-state index is 13.0. The zero-order chi connectivity index (χ0) is 22.6. The molecule has 2 aromatic carbocycles. The molecule has 3 rings (SSSR count). The summed E-state index contributed by atoms with van der Waals surface area (Å²) < 4.78 is 5.38. The van der Waals surface area contributed by atoms with Crippen LogP contribution in [0.15, 0.2) is 42.5 Å². The summed E-state index contributed by atoms with van der Waals surface area (Å²) in [6, 6.07) is 14.2. The van der Waals surface area contributed by atoms with E-state index >= 15 is 0 Å². The van der Waals surface area contributed by atoms with E-state index in [2.05, 4.69) is 50.5 Å². The van der Waals surface area contributed by atoms with Gasteiger partial charge in [0.25, 0.3) is 0 Å². The third-order valence-corrected chi connectivity index (χ3v) is 5.99. The van der Waals surface area contributed by atoms with Crippen molar-refractivity contribution < 1.29 is 14.3 Å². The maximum atomic E-state index is 13.0. The van der Waals surface area contributed by atoms with Gasteiger partial charge in [0.1, 0.15) is 5.54 Å². The van der Waals surface area contributed by atoms with Crippen LogP contribution in [-0.4, -0.2) is 30.6 Å². The van der Waals surface area contributed by atoms with Crippen LogP contribution in [0.5, 0.6) is 0 Å². The van der Waals surface area contributed by atoms with Gasteiger partial charge in [0, 0.05) is 18.5 Å². The molecule has 166 valence electrons. The highest BCUT2D eigenvalue weighted by Crippen LogP contribution is 2.33. The molecular weight excluding hydrogens is 388 g/mol. The standard InChI is InChI=1S/C26H34N2O3/c1-6-31-25(30)26(14-19-10-7-8-11-20(19)15-26)27-16-23(29)28-24-21(17(2)3)12-9-13-22(24)18(4)5/h7-13,17-18,27H,6,14-16H2,1-5H3,(H,28,29). The number of benzene rings is 2. The van der Waals surface area contributed by atoms with Gasteiger partial charge in [-0.2, -0.15) is 0 Å². The summed E-state index contributed by atoms with van der Waals surface area (Å²) in [7, 11) is 0. The number of ether oxygens (including phenoxy) is 1. The molecule has 0 radical (unpaired) electrons. The minimum absolute atomic E-state index is 0.0385. The monoisotopic (exact) mass is 422 g/mol. The number of carbonyl (C=O) groups is 2. The van der Waals surface area contributed by atoms with E-state index in [1.807, 2.05) is 30.3 Å². The van der Waals surface area contributed by atoms with E-state index < -0.39 is 5.54 Å². The summed E-state index contributed by atoms with van der Waals surface area (Å²) in [5.74, 6) is 0.119. The van der Waals surface area contributed by atoms with Crippen molar-refractivity contribution in [1.82, 2.24) is 5.32 Å². The first-order valence-electron chi connectivity index (χ1n) is 11.2. The Morgan fingerprint density at radius 2 is 1.48 bits per heavy atom. The Kier molecular flexibility index (Phi) is 7.16. The number of rotatable bonds is 8. The molecule has 0 heterocycles. The number of hydrogen-bond acceptors (Lipinski definition) is 4. The molecule has 0 aliphatic heterocycles. The summed E-state index contributed by atoms with van der Waals surface area (Å²) in [6.07, 6.45) is 1.05. The van der Waals surface area contributed by atoms with Crippen LogP contribution in [0.4, 0.5) is 5.69 Å². The largest absolute Gasteiger partial charge is 0.465 e. The van der Waals surface area contributed by atoms with Crippen molar-refractivity contribution in [2.24, 2.45) is 0 Å². The first-order chi connectivity index (χ1) is 14.8. The molecule has 1 aliphatic rings. The maximum Gasteiger partial charge on any atom is 0.327 e. The second kappa shape index (κ2) is 9.65. The zero-order valence-electron chi connectivity index (χ0n) is 19.2. The third-order valence-electron chi connectivity index (χ3n) is 5.99. The Labute approximate surface area is 185 Å². The van der Waals surface area contributed by atoms with E-state index in [0.29, 0.717) is 19.4 Å². The normalized spacial score (nSPS) is 14.5. The van der Waals surface area contributed by atoms with E-state index in [4.69, 9.17) is 4.74 Å². The van der Waals surface area contributed by atoms with Gasteiger partial charge >= 0.3 is 5.97 Å².